The van der Waals surface area contributed by atoms with Gasteiger partial charge >= 0.3 is 0 Å². The Morgan fingerprint density at radius 2 is 2.05 bits per heavy atom. The first-order chi connectivity index (χ1) is 9.78. The zero-order chi connectivity index (χ0) is 15.8. The predicted molar refractivity (Wildman–Crippen MR) is 79.8 cm³/mol. The molecular formula is C13H19N3O4S. The highest BCUT2D eigenvalue weighted by Crippen LogP contribution is 2.38. The van der Waals surface area contributed by atoms with E-state index in [0.717, 1.165) is 12.8 Å². The van der Waals surface area contributed by atoms with Crippen LogP contribution in [0.4, 0.5) is 11.4 Å². The predicted octanol–water partition coefficient (Wildman–Crippen LogP) is 2.06. The zero-order valence-corrected chi connectivity index (χ0v) is 13.1. The summed E-state index contributed by atoms with van der Waals surface area (Å²) < 4.78 is 26.6. The Bertz CT molecular complexity index is 655. The van der Waals surface area contributed by atoms with Gasteiger partial charge in [0, 0.05) is 31.9 Å². The molecule has 1 aliphatic carbocycles. The van der Waals surface area contributed by atoms with Gasteiger partial charge in [0.2, 0.25) is 10.0 Å². The highest BCUT2D eigenvalue weighted by molar-refractivity contribution is 7.89. The summed E-state index contributed by atoms with van der Waals surface area (Å²) in [5.74, 6) is 0.344. The summed E-state index contributed by atoms with van der Waals surface area (Å²) in [7, 11) is -0.787. The van der Waals surface area contributed by atoms with Crippen molar-refractivity contribution in [3.05, 3.63) is 28.3 Å². The van der Waals surface area contributed by atoms with Crippen molar-refractivity contribution >= 4 is 21.4 Å². The zero-order valence-electron chi connectivity index (χ0n) is 12.2. The van der Waals surface area contributed by atoms with Crippen LogP contribution in [0.5, 0.6) is 0 Å². The minimum atomic E-state index is -3.90. The fourth-order valence-corrected chi connectivity index (χ4v) is 3.88. The highest BCUT2D eigenvalue weighted by atomic mass is 32.2. The molecular weight excluding hydrogens is 294 g/mol. The van der Waals surface area contributed by atoms with E-state index in [1.807, 2.05) is 6.92 Å². The van der Waals surface area contributed by atoms with Crippen LogP contribution in [0, 0.1) is 16.0 Å². The molecule has 8 heteroatoms. The fraction of sp³-hybridized carbons (Fsp3) is 0.538. The van der Waals surface area contributed by atoms with Crippen LogP contribution in [0.2, 0.25) is 0 Å². The van der Waals surface area contributed by atoms with Crippen LogP contribution in [-0.4, -0.2) is 37.8 Å². The third kappa shape index (κ3) is 3.01. The summed E-state index contributed by atoms with van der Waals surface area (Å²) >= 11 is 0. The van der Waals surface area contributed by atoms with Gasteiger partial charge < -0.3 is 5.32 Å². The molecule has 0 radical (unpaired) electrons. The average Bonchev–Trinajstić information content (AvgIpc) is 3.29. The third-order valence-electron chi connectivity index (χ3n) is 3.98. The molecule has 0 aromatic heterocycles. The summed E-state index contributed by atoms with van der Waals surface area (Å²) in [5.41, 5.74) is 0.121. The van der Waals surface area contributed by atoms with E-state index in [2.05, 4.69) is 5.32 Å². The van der Waals surface area contributed by atoms with Crippen LogP contribution in [-0.2, 0) is 10.0 Å². The van der Waals surface area contributed by atoms with Gasteiger partial charge in [0.05, 0.1) is 4.92 Å². The number of anilines is 1. The maximum Gasteiger partial charge on any atom is 0.289 e. The van der Waals surface area contributed by atoms with Crippen molar-refractivity contribution in [1.82, 2.24) is 4.31 Å². The maximum absolute atomic E-state index is 12.7. The molecule has 2 rings (SSSR count). The number of nitrogens with one attached hydrogen (secondary N) is 1. The molecule has 1 aromatic rings. The summed E-state index contributed by atoms with van der Waals surface area (Å²) in [6, 6.07) is 3.85. The molecule has 1 N–H and O–H groups in total. The van der Waals surface area contributed by atoms with Crippen LogP contribution in [0.25, 0.3) is 0 Å². The smallest absolute Gasteiger partial charge is 0.289 e. The van der Waals surface area contributed by atoms with E-state index >= 15 is 0 Å². The summed E-state index contributed by atoms with van der Waals surface area (Å²) in [6.45, 7) is 1.84. The maximum atomic E-state index is 12.7. The first-order valence-corrected chi connectivity index (χ1v) is 8.17. The summed E-state index contributed by atoms with van der Waals surface area (Å²) in [4.78, 5) is 10.2. The molecule has 0 bridgehead atoms. The Morgan fingerprint density at radius 1 is 1.43 bits per heavy atom. The highest BCUT2D eigenvalue weighted by Gasteiger charge is 2.38. The van der Waals surface area contributed by atoms with Crippen LogP contribution >= 0.6 is 0 Å². The van der Waals surface area contributed by atoms with Gasteiger partial charge in [-0.05, 0) is 37.8 Å². The molecule has 1 atom stereocenters. The number of rotatable bonds is 6. The molecule has 1 fully saturated rings. The van der Waals surface area contributed by atoms with Gasteiger partial charge in [-0.1, -0.05) is 0 Å². The molecule has 0 spiro atoms. The Labute approximate surface area is 124 Å². The van der Waals surface area contributed by atoms with Gasteiger partial charge in [0.1, 0.15) is 0 Å². The molecule has 0 amide bonds. The SMILES string of the molecule is CNc1ccc([N+](=O)[O-])c(S(=O)(=O)N(C)C(C)C2CC2)c1. The summed E-state index contributed by atoms with van der Waals surface area (Å²) in [5, 5.41) is 13.9. The Kier molecular flexibility index (Phi) is 4.20. The van der Waals surface area contributed by atoms with Gasteiger partial charge in [0.15, 0.2) is 4.90 Å². The normalized spacial score (nSPS) is 16.8. The molecule has 0 heterocycles. The third-order valence-corrected chi connectivity index (χ3v) is 5.95. The van der Waals surface area contributed by atoms with Crippen LogP contribution in [0.1, 0.15) is 19.8 Å². The molecule has 7 nitrogen and oxygen atoms in total. The van der Waals surface area contributed by atoms with Gasteiger partial charge in [-0.25, -0.2) is 8.42 Å². The Morgan fingerprint density at radius 3 is 2.52 bits per heavy atom. The number of hydrogen-bond acceptors (Lipinski definition) is 5. The van der Waals surface area contributed by atoms with E-state index in [0.29, 0.717) is 11.6 Å². The molecule has 116 valence electrons. The number of sulfonamides is 1. The average molecular weight is 313 g/mol. The van der Waals surface area contributed by atoms with Crippen molar-refractivity contribution in [1.29, 1.82) is 0 Å². The van der Waals surface area contributed by atoms with Crippen molar-refractivity contribution in [3.8, 4) is 0 Å². The Hall–Kier alpha value is -1.67. The number of nitro groups is 1. The minimum Gasteiger partial charge on any atom is -0.388 e. The van der Waals surface area contributed by atoms with Crippen LogP contribution < -0.4 is 5.32 Å². The van der Waals surface area contributed by atoms with Gasteiger partial charge in [-0.3, -0.25) is 10.1 Å². The standard InChI is InChI=1S/C13H19N3O4S/c1-9(10-4-5-10)15(3)21(19,20)13-8-11(14-2)6-7-12(13)16(17)18/h6-10,14H,4-5H2,1-3H3. The molecule has 1 unspecified atom stereocenters. The molecule has 0 aliphatic heterocycles. The largest absolute Gasteiger partial charge is 0.388 e. The molecule has 21 heavy (non-hydrogen) atoms. The van der Waals surface area contributed by atoms with Gasteiger partial charge in [0.25, 0.3) is 5.69 Å². The molecule has 0 saturated heterocycles. The minimum absolute atomic E-state index is 0.159. The van der Waals surface area contributed by atoms with Crippen molar-refractivity contribution in [2.24, 2.45) is 5.92 Å². The fourth-order valence-electron chi connectivity index (χ4n) is 2.28. The van der Waals surface area contributed by atoms with Crippen molar-refractivity contribution < 1.29 is 13.3 Å². The first-order valence-electron chi connectivity index (χ1n) is 6.73. The van der Waals surface area contributed by atoms with Gasteiger partial charge in [-0.15, -0.1) is 0 Å². The number of nitrogens with zero attached hydrogens (tertiary/aromatic N) is 2. The van der Waals surface area contributed by atoms with Crippen LogP contribution in [0.15, 0.2) is 23.1 Å². The van der Waals surface area contributed by atoms with E-state index in [1.165, 1.54) is 29.6 Å². The lowest BCUT2D eigenvalue weighted by atomic mass is 10.2. The lowest BCUT2D eigenvalue weighted by Crippen LogP contribution is -2.36. The lowest BCUT2D eigenvalue weighted by Gasteiger charge is -2.24. The van der Waals surface area contributed by atoms with Crippen LogP contribution in [0.3, 0.4) is 0 Å². The molecule has 1 aromatic carbocycles. The number of hydrogen-bond donors (Lipinski definition) is 1. The quantitative estimate of drug-likeness (QED) is 0.641. The van der Waals surface area contributed by atoms with Crippen molar-refractivity contribution in [2.45, 2.75) is 30.7 Å². The Balaban J connectivity index is 2.49. The monoisotopic (exact) mass is 313 g/mol. The number of benzene rings is 1. The van der Waals surface area contributed by atoms with E-state index in [-0.39, 0.29) is 10.9 Å². The van der Waals surface area contributed by atoms with Gasteiger partial charge in [-0.2, -0.15) is 4.31 Å². The number of nitro benzene ring substituents is 1. The second-order valence-corrected chi connectivity index (χ2v) is 7.25. The van der Waals surface area contributed by atoms with Crippen molar-refractivity contribution in [3.63, 3.8) is 0 Å². The first kappa shape index (κ1) is 15.7. The second-order valence-electron chi connectivity index (χ2n) is 5.29. The van der Waals surface area contributed by atoms with E-state index in [1.54, 1.807) is 7.05 Å². The summed E-state index contributed by atoms with van der Waals surface area (Å²) in [6.07, 6.45) is 2.00. The topological polar surface area (TPSA) is 92.5 Å². The lowest BCUT2D eigenvalue weighted by molar-refractivity contribution is -0.387. The van der Waals surface area contributed by atoms with Crippen molar-refractivity contribution in [2.75, 3.05) is 19.4 Å². The van der Waals surface area contributed by atoms with E-state index < -0.39 is 20.6 Å². The molecule has 1 saturated carbocycles. The van der Waals surface area contributed by atoms with E-state index in [9.17, 15) is 18.5 Å². The van der Waals surface area contributed by atoms with E-state index in [4.69, 9.17) is 0 Å². The molecule has 1 aliphatic rings. The second kappa shape index (κ2) is 5.61.